The molecule has 2 N–H and O–H groups in total. The van der Waals surface area contributed by atoms with Crippen molar-refractivity contribution in [2.75, 3.05) is 45.9 Å². The maximum atomic E-state index is 11.7. The molecular weight excluding hydrogens is 230 g/mol. The van der Waals surface area contributed by atoms with Crippen molar-refractivity contribution in [2.24, 2.45) is 0 Å². The summed E-state index contributed by atoms with van der Waals surface area (Å²) in [5.74, 6) is 0.126. The molecule has 1 amide bonds. The molecule has 1 saturated heterocycles. The lowest BCUT2D eigenvalue weighted by atomic mass is 10.3. The summed E-state index contributed by atoms with van der Waals surface area (Å²) in [6, 6.07) is 0. The van der Waals surface area contributed by atoms with Crippen LogP contribution in [0.1, 0.15) is 26.7 Å². The molecule has 0 aromatic carbocycles. The van der Waals surface area contributed by atoms with Crippen LogP contribution in [-0.2, 0) is 9.53 Å². The van der Waals surface area contributed by atoms with Gasteiger partial charge in [-0.3, -0.25) is 9.69 Å². The third-order valence-electron chi connectivity index (χ3n) is 2.89. The van der Waals surface area contributed by atoms with Crippen molar-refractivity contribution in [1.29, 1.82) is 0 Å². The number of rotatable bonds is 7. The first-order valence-electron chi connectivity index (χ1n) is 7.00. The first-order valence-corrected chi connectivity index (χ1v) is 7.00. The molecule has 0 spiro atoms. The van der Waals surface area contributed by atoms with Gasteiger partial charge in [0.1, 0.15) is 0 Å². The second-order valence-electron chi connectivity index (χ2n) is 5.00. The number of carbonyl (C=O) groups is 1. The van der Waals surface area contributed by atoms with Gasteiger partial charge < -0.3 is 15.4 Å². The maximum absolute atomic E-state index is 11.7. The van der Waals surface area contributed by atoms with Crippen LogP contribution < -0.4 is 10.6 Å². The fourth-order valence-electron chi connectivity index (χ4n) is 1.94. The van der Waals surface area contributed by atoms with E-state index in [1.807, 2.05) is 13.8 Å². The van der Waals surface area contributed by atoms with Crippen molar-refractivity contribution in [1.82, 2.24) is 15.5 Å². The summed E-state index contributed by atoms with van der Waals surface area (Å²) in [5.41, 5.74) is 0. The minimum atomic E-state index is 0.126. The van der Waals surface area contributed by atoms with E-state index in [1.54, 1.807) is 0 Å². The Morgan fingerprint density at radius 2 is 2.22 bits per heavy atom. The first kappa shape index (κ1) is 15.4. The summed E-state index contributed by atoms with van der Waals surface area (Å²) >= 11 is 0. The highest BCUT2D eigenvalue weighted by atomic mass is 16.5. The van der Waals surface area contributed by atoms with Gasteiger partial charge in [-0.25, -0.2) is 0 Å². The lowest BCUT2D eigenvalue weighted by Gasteiger charge is -2.18. The molecule has 1 aliphatic heterocycles. The van der Waals surface area contributed by atoms with E-state index in [-0.39, 0.29) is 12.0 Å². The highest BCUT2D eigenvalue weighted by Gasteiger charge is 2.11. The third kappa shape index (κ3) is 7.63. The Balaban J connectivity index is 2.02. The summed E-state index contributed by atoms with van der Waals surface area (Å²) in [4.78, 5) is 13.9. The topological polar surface area (TPSA) is 53.6 Å². The summed E-state index contributed by atoms with van der Waals surface area (Å²) in [5, 5.41) is 6.27. The molecule has 0 radical (unpaired) electrons. The van der Waals surface area contributed by atoms with Gasteiger partial charge in [0.05, 0.1) is 12.6 Å². The van der Waals surface area contributed by atoms with Gasteiger partial charge in [-0.15, -0.1) is 0 Å². The van der Waals surface area contributed by atoms with Crippen molar-refractivity contribution >= 4 is 5.91 Å². The van der Waals surface area contributed by atoms with Gasteiger partial charge in [0.2, 0.25) is 5.91 Å². The molecule has 1 fully saturated rings. The molecule has 0 bridgehead atoms. The Morgan fingerprint density at radius 1 is 1.39 bits per heavy atom. The van der Waals surface area contributed by atoms with Crippen molar-refractivity contribution in [3.8, 4) is 0 Å². The number of amides is 1. The van der Waals surface area contributed by atoms with Crippen LogP contribution >= 0.6 is 0 Å². The average Bonchev–Trinajstić information content (AvgIpc) is 2.56. The number of hydrogen-bond acceptors (Lipinski definition) is 4. The fourth-order valence-corrected chi connectivity index (χ4v) is 1.94. The molecule has 0 atom stereocenters. The van der Waals surface area contributed by atoms with Crippen LogP contribution in [0.25, 0.3) is 0 Å². The van der Waals surface area contributed by atoms with Gasteiger partial charge in [0.15, 0.2) is 0 Å². The Morgan fingerprint density at radius 3 is 3.00 bits per heavy atom. The summed E-state index contributed by atoms with van der Waals surface area (Å²) in [6.45, 7) is 9.99. The van der Waals surface area contributed by atoms with Crippen LogP contribution in [0.2, 0.25) is 0 Å². The number of carbonyl (C=O) groups excluding carboxylic acids is 1. The zero-order chi connectivity index (χ0) is 13.2. The molecule has 0 aromatic heterocycles. The first-order chi connectivity index (χ1) is 8.68. The summed E-state index contributed by atoms with van der Waals surface area (Å²) in [6.07, 6.45) is 2.27. The average molecular weight is 257 g/mol. The van der Waals surface area contributed by atoms with Crippen LogP contribution in [0.3, 0.4) is 0 Å². The van der Waals surface area contributed by atoms with Gasteiger partial charge in [0.25, 0.3) is 0 Å². The van der Waals surface area contributed by atoms with E-state index in [2.05, 4.69) is 15.5 Å². The van der Waals surface area contributed by atoms with Gasteiger partial charge in [-0.1, -0.05) is 0 Å². The molecule has 5 heteroatoms. The monoisotopic (exact) mass is 257 g/mol. The van der Waals surface area contributed by atoms with Crippen molar-refractivity contribution in [2.45, 2.75) is 32.8 Å². The highest BCUT2D eigenvalue weighted by Crippen LogP contribution is 1.94. The molecule has 106 valence electrons. The minimum absolute atomic E-state index is 0.126. The van der Waals surface area contributed by atoms with Gasteiger partial charge in [-0.05, 0) is 39.8 Å². The molecule has 1 heterocycles. The predicted octanol–water partition coefficient (Wildman–Crippen LogP) is 0.213. The van der Waals surface area contributed by atoms with Crippen molar-refractivity contribution in [3.63, 3.8) is 0 Å². The Hall–Kier alpha value is -0.650. The van der Waals surface area contributed by atoms with Gasteiger partial charge in [-0.2, -0.15) is 0 Å². The number of nitrogens with zero attached hydrogens (tertiary/aromatic N) is 1. The number of hydrogen-bond donors (Lipinski definition) is 2. The molecule has 0 unspecified atom stereocenters. The lowest BCUT2D eigenvalue weighted by Crippen LogP contribution is -2.39. The highest BCUT2D eigenvalue weighted by molar-refractivity contribution is 5.77. The Kier molecular flexibility index (Phi) is 7.96. The zero-order valence-corrected chi connectivity index (χ0v) is 11.7. The second-order valence-corrected chi connectivity index (χ2v) is 5.00. The molecule has 18 heavy (non-hydrogen) atoms. The van der Waals surface area contributed by atoms with E-state index in [1.165, 1.54) is 0 Å². The third-order valence-corrected chi connectivity index (χ3v) is 2.89. The maximum Gasteiger partial charge on any atom is 0.234 e. The van der Waals surface area contributed by atoms with Gasteiger partial charge in [0, 0.05) is 26.2 Å². The SMILES string of the molecule is CC(C)OCCCNC(=O)CN1CCCNCC1. The normalized spacial score (nSPS) is 17.7. The number of nitrogens with one attached hydrogen (secondary N) is 2. The molecule has 0 saturated carbocycles. The van der Waals surface area contributed by atoms with Crippen LogP contribution in [0, 0.1) is 0 Å². The van der Waals surface area contributed by atoms with E-state index in [0.29, 0.717) is 19.7 Å². The molecule has 1 rings (SSSR count). The van der Waals surface area contributed by atoms with E-state index < -0.39 is 0 Å². The largest absolute Gasteiger partial charge is 0.379 e. The molecule has 0 aliphatic carbocycles. The van der Waals surface area contributed by atoms with E-state index in [4.69, 9.17) is 4.74 Å². The summed E-state index contributed by atoms with van der Waals surface area (Å²) < 4.78 is 5.42. The van der Waals surface area contributed by atoms with Crippen LogP contribution in [-0.4, -0.2) is 62.8 Å². The quantitative estimate of drug-likeness (QED) is 0.640. The Labute approximate surface area is 110 Å². The minimum Gasteiger partial charge on any atom is -0.379 e. The molecule has 5 nitrogen and oxygen atoms in total. The summed E-state index contributed by atoms with van der Waals surface area (Å²) in [7, 11) is 0. The van der Waals surface area contributed by atoms with Crippen LogP contribution in [0.4, 0.5) is 0 Å². The Bertz CT molecular complexity index is 226. The lowest BCUT2D eigenvalue weighted by molar-refractivity contribution is -0.122. The predicted molar refractivity (Wildman–Crippen MR) is 72.6 cm³/mol. The second kappa shape index (κ2) is 9.30. The van der Waals surface area contributed by atoms with Crippen LogP contribution in [0.5, 0.6) is 0 Å². The van der Waals surface area contributed by atoms with Gasteiger partial charge >= 0.3 is 0 Å². The standard InChI is InChI=1S/C13H27N3O2/c1-12(2)18-10-4-6-15-13(17)11-16-8-3-5-14-7-9-16/h12,14H,3-11H2,1-2H3,(H,15,17). The molecular formula is C13H27N3O2. The zero-order valence-electron chi connectivity index (χ0n) is 11.7. The number of ether oxygens (including phenoxy) is 1. The van der Waals surface area contributed by atoms with E-state index in [9.17, 15) is 4.79 Å². The van der Waals surface area contributed by atoms with Crippen LogP contribution in [0.15, 0.2) is 0 Å². The van der Waals surface area contributed by atoms with E-state index in [0.717, 1.165) is 39.0 Å². The molecule has 0 aromatic rings. The van der Waals surface area contributed by atoms with Crippen molar-refractivity contribution in [3.05, 3.63) is 0 Å². The molecule has 1 aliphatic rings. The smallest absolute Gasteiger partial charge is 0.234 e. The fraction of sp³-hybridized carbons (Fsp3) is 0.923. The van der Waals surface area contributed by atoms with E-state index >= 15 is 0 Å². The van der Waals surface area contributed by atoms with Crippen molar-refractivity contribution < 1.29 is 9.53 Å².